The highest BCUT2D eigenvalue weighted by Crippen LogP contribution is 2.55. The third-order valence-corrected chi connectivity index (χ3v) is 10.4. The van der Waals surface area contributed by atoms with Crippen molar-refractivity contribution >= 4 is 32.1 Å². The lowest BCUT2D eigenvalue weighted by Gasteiger charge is -2.35. The second-order valence-corrected chi connectivity index (χ2v) is 16.3. The van der Waals surface area contributed by atoms with Crippen molar-refractivity contribution in [3.8, 4) is 0 Å². The Morgan fingerprint density at radius 2 is 1.33 bits per heavy atom. The van der Waals surface area contributed by atoms with Gasteiger partial charge in [0.15, 0.2) is 0 Å². The zero-order chi connectivity index (χ0) is 38.4. The number of unbranched alkanes of at least 4 members (excludes halogenated alkanes) is 1. The number of likely N-dealkylation sites (N-methyl/N-ethyl adjacent to an activating group) is 2. The van der Waals surface area contributed by atoms with Crippen molar-refractivity contribution in [2.45, 2.75) is 76.7 Å². The van der Waals surface area contributed by atoms with E-state index in [1.54, 1.807) is 20.8 Å². The summed E-state index contributed by atoms with van der Waals surface area (Å²) >= 11 is 0. The number of quaternary nitrogens is 1. The summed E-state index contributed by atoms with van der Waals surface area (Å²) in [5, 5.41) is -6.92. The van der Waals surface area contributed by atoms with E-state index in [0.29, 0.717) is 24.0 Å². The van der Waals surface area contributed by atoms with Crippen molar-refractivity contribution in [1.82, 2.24) is 4.31 Å². The molecule has 0 aliphatic carbocycles. The molecule has 0 aliphatic rings. The fraction of sp³-hybridized carbons (Fsp3) is 0.923. The van der Waals surface area contributed by atoms with Gasteiger partial charge in [0.2, 0.25) is 0 Å². The van der Waals surface area contributed by atoms with Crippen molar-refractivity contribution in [2.24, 2.45) is 17.3 Å². The summed E-state index contributed by atoms with van der Waals surface area (Å²) in [5.41, 5.74) is -0.921. The lowest BCUT2D eigenvalue weighted by Crippen LogP contribution is -2.65. The van der Waals surface area contributed by atoms with Crippen molar-refractivity contribution in [2.75, 3.05) is 59.7 Å². The van der Waals surface area contributed by atoms with E-state index in [0.717, 1.165) is 0 Å². The molecule has 0 aromatic heterocycles. The van der Waals surface area contributed by atoms with E-state index in [-0.39, 0.29) is 32.9 Å². The summed E-state index contributed by atoms with van der Waals surface area (Å²) in [7, 11) is -7.35. The number of rotatable bonds is 21. The molecular weight excluding hydrogens is 719 g/mol. The van der Waals surface area contributed by atoms with Crippen molar-refractivity contribution in [3.05, 3.63) is 0 Å². The number of carbonyl (C=O) groups excluding carboxylic acids is 2. The van der Waals surface area contributed by atoms with Gasteiger partial charge in [0, 0.05) is 19.3 Å². The van der Waals surface area contributed by atoms with Gasteiger partial charge in [0.05, 0.1) is 42.6 Å². The van der Waals surface area contributed by atoms with Gasteiger partial charge in [0.1, 0.15) is 19.8 Å². The first-order chi connectivity index (χ1) is 21.2. The van der Waals surface area contributed by atoms with Gasteiger partial charge in [-0.3, -0.25) is 9.59 Å². The standard InChI is InChI=1S/C26H43F9N2O9S2/c1-8-19(21(39)46-15-13-37(6,7)12-9-10-16-47(40,41)42)22(3,4)17-18(2)20(38)45-14-11-36(5)48(43,44)26(34,35)24(29,30)23(27,28)25(31,32)33/h18-19H,8-17H2,1-7H3. The zero-order valence-corrected chi connectivity index (χ0v) is 29.1. The number of halogens is 9. The third kappa shape index (κ3) is 11.9. The SMILES string of the molecule is CCC(C(=O)OCC[N+](C)(C)CCCCS(=O)(=O)[O-])C(C)(C)CC(C)C(=O)OCCN(C)S(=O)(=O)C(F)(F)C(F)(F)C(F)(F)C(F)(F)F. The van der Waals surface area contributed by atoms with E-state index in [1.165, 1.54) is 6.92 Å². The monoisotopic (exact) mass is 762 g/mol. The number of hydrogen-bond acceptors (Lipinski definition) is 9. The molecule has 2 unspecified atom stereocenters. The molecule has 0 amide bonds. The van der Waals surface area contributed by atoms with Crippen LogP contribution in [0.4, 0.5) is 39.5 Å². The highest BCUT2D eigenvalue weighted by Gasteiger charge is 2.85. The minimum atomic E-state index is -7.42. The molecule has 0 fully saturated rings. The molecule has 2 atom stereocenters. The van der Waals surface area contributed by atoms with Crippen LogP contribution in [0.2, 0.25) is 0 Å². The maximum atomic E-state index is 14.0. The summed E-state index contributed by atoms with van der Waals surface area (Å²) in [6.45, 7) is 4.75. The number of nitrogens with zero attached hydrogens (tertiary/aromatic N) is 2. The number of ether oxygens (including phenoxy) is 2. The van der Waals surface area contributed by atoms with Crippen molar-refractivity contribution in [3.63, 3.8) is 0 Å². The van der Waals surface area contributed by atoms with Gasteiger partial charge in [0.25, 0.3) is 10.0 Å². The van der Waals surface area contributed by atoms with Gasteiger partial charge in [-0.25, -0.2) is 16.8 Å². The second-order valence-electron chi connectivity index (χ2n) is 12.7. The number of carbonyl (C=O) groups is 2. The van der Waals surface area contributed by atoms with Crippen LogP contribution in [0.1, 0.15) is 53.4 Å². The zero-order valence-electron chi connectivity index (χ0n) is 27.5. The minimum absolute atomic E-state index is 0.00882. The van der Waals surface area contributed by atoms with E-state index >= 15 is 0 Å². The quantitative estimate of drug-likeness (QED) is 0.0551. The van der Waals surface area contributed by atoms with Crippen LogP contribution in [-0.4, -0.2) is 125 Å². The summed E-state index contributed by atoms with van der Waals surface area (Å²) in [6, 6.07) is 0. The Morgan fingerprint density at radius 3 is 1.79 bits per heavy atom. The molecule has 0 N–H and O–H groups in total. The number of hydrogen-bond donors (Lipinski definition) is 0. The molecule has 0 aliphatic heterocycles. The Bertz CT molecular complexity index is 1310. The Kier molecular flexibility index (Phi) is 15.8. The predicted molar refractivity (Wildman–Crippen MR) is 151 cm³/mol. The van der Waals surface area contributed by atoms with E-state index in [1.807, 2.05) is 14.1 Å². The van der Waals surface area contributed by atoms with Crippen LogP contribution in [0.15, 0.2) is 0 Å². The van der Waals surface area contributed by atoms with Gasteiger partial charge in [-0.15, -0.1) is 0 Å². The van der Waals surface area contributed by atoms with Gasteiger partial charge in [-0.1, -0.05) is 27.7 Å². The molecule has 0 bridgehead atoms. The smallest absolute Gasteiger partial charge is 0.460 e. The molecule has 0 aromatic rings. The topological polar surface area (TPSA) is 147 Å². The summed E-state index contributed by atoms with van der Waals surface area (Å²) in [6.07, 6.45) is -6.36. The lowest BCUT2D eigenvalue weighted by molar-refractivity contribution is -0.890. The Morgan fingerprint density at radius 1 is 0.833 bits per heavy atom. The maximum absolute atomic E-state index is 14.0. The van der Waals surface area contributed by atoms with Crippen LogP contribution in [-0.2, 0) is 39.2 Å². The largest absolute Gasteiger partial charge is 0.748 e. The average molecular weight is 763 g/mol. The normalized spacial score (nSPS) is 15.7. The average Bonchev–Trinajstić information content (AvgIpc) is 2.89. The summed E-state index contributed by atoms with van der Waals surface area (Å²) in [5.74, 6) is -18.7. The molecule has 0 aromatic carbocycles. The fourth-order valence-electron chi connectivity index (χ4n) is 4.73. The van der Waals surface area contributed by atoms with Crippen molar-refractivity contribution < 1.29 is 84.4 Å². The van der Waals surface area contributed by atoms with Crippen LogP contribution in [0, 0.1) is 17.3 Å². The maximum Gasteiger partial charge on any atom is 0.460 e. The molecule has 286 valence electrons. The molecule has 11 nitrogen and oxygen atoms in total. The van der Waals surface area contributed by atoms with Crippen molar-refractivity contribution in [1.29, 1.82) is 0 Å². The predicted octanol–water partition coefficient (Wildman–Crippen LogP) is 4.24. The highest BCUT2D eigenvalue weighted by atomic mass is 32.2. The number of alkyl halides is 9. The van der Waals surface area contributed by atoms with Gasteiger partial charge < -0.3 is 18.5 Å². The minimum Gasteiger partial charge on any atom is -0.748 e. The van der Waals surface area contributed by atoms with Gasteiger partial charge >= 0.3 is 35.2 Å². The first-order valence-corrected chi connectivity index (χ1v) is 17.5. The number of sulfonamides is 1. The summed E-state index contributed by atoms with van der Waals surface area (Å²) in [4.78, 5) is 25.4. The Labute approximate surface area is 274 Å². The Balaban J connectivity index is 5.22. The first-order valence-electron chi connectivity index (χ1n) is 14.5. The van der Waals surface area contributed by atoms with E-state index in [4.69, 9.17) is 9.47 Å². The molecule has 22 heteroatoms. The number of esters is 2. The Hall–Kier alpha value is -1.91. The van der Waals surface area contributed by atoms with Crippen LogP contribution < -0.4 is 0 Å². The lowest BCUT2D eigenvalue weighted by atomic mass is 9.72. The first kappa shape index (κ1) is 46.1. The molecule has 0 saturated carbocycles. The van der Waals surface area contributed by atoms with Gasteiger partial charge in [-0.2, -0.15) is 43.8 Å². The van der Waals surface area contributed by atoms with Crippen LogP contribution in [0.5, 0.6) is 0 Å². The molecular formula is C26H43F9N2O9S2. The highest BCUT2D eigenvalue weighted by molar-refractivity contribution is 7.90. The molecule has 0 rings (SSSR count). The van der Waals surface area contributed by atoms with Crippen LogP contribution in [0.25, 0.3) is 0 Å². The van der Waals surface area contributed by atoms with E-state index in [2.05, 4.69) is 0 Å². The molecule has 0 heterocycles. The third-order valence-electron chi connectivity index (χ3n) is 7.72. The molecule has 0 spiro atoms. The van der Waals surface area contributed by atoms with E-state index < -0.39 is 95.8 Å². The van der Waals surface area contributed by atoms with Crippen LogP contribution >= 0.6 is 0 Å². The van der Waals surface area contributed by atoms with Crippen LogP contribution in [0.3, 0.4) is 0 Å². The molecule has 0 radical (unpaired) electrons. The fourth-order valence-corrected chi connectivity index (χ4v) is 6.45. The molecule has 48 heavy (non-hydrogen) atoms. The molecule has 0 saturated heterocycles. The second kappa shape index (κ2) is 16.4. The van der Waals surface area contributed by atoms with E-state index in [9.17, 15) is 70.5 Å². The van der Waals surface area contributed by atoms with Gasteiger partial charge in [-0.05, 0) is 31.1 Å². The summed E-state index contributed by atoms with van der Waals surface area (Å²) < 4.78 is 185.